The van der Waals surface area contributed by atoms with Gasteiger partial charge in [-0.2, -0.15) is 0 Å². The number of hydrogen-bond donors (Lipinski definition) is 0. The fourth-order valence-corrected chi connectivity index (χ4v) is 2.74. The standard InChI is InChI=1S/C19H24N2O3/c1-13-10-20-17(14(2)18(13)24-5)11-21(3)19(22)16-9-7-6-8-15(16)12-23-4/h6-10H,11-12H2,1-5H3. The first kappa shape index (κ1) is 17.9. The Kier molecular flexibility index (Phi) is 5.93. The summed E-state index contributed by atoms with van der Waals surface area (Å²) in [5, 5.41) is 0. The van der Waals surface area contributed by atoms with Crippen molar-refractivity contribution >= 4 is 5.91 Å². The minimum absolute atomic E-state index is 0.0524. The van der Waals surface area contributed by atoms with E-state index in [-0.39, 0.29) is 5.91 Å². The molecule has 0 aliphatic heterocycles. The molecule has 2 rings (SSSR count). The number of benzene rings is 1. The lowest BCUT2D eigenvalue weighted by Crippen LogP contribution is -2.28. The van der Waals surface area contributed by atoms with Crippen LogP contribution in [-0.2, 0) is 17.9 Å². The van der Waals surface area contributed by atoms with Crippen LogP contribution in [0.2, 0.25) is 0 Å². The van der Waals surface area contributed by atoms with Crippen LogP contribution >= 0.6 is 0 Å². The summed E-state index contributed by atoms with van der Waals surface area (Å²) in [5.74, 6) is 0.768. The van der Waals surface area contributed by atoms with E-state index in [2.05, 4.69) is 4.98 Å². The third-order valence-corrected chi connectivity index (χ3v) is 4.03. The number of pyridine rings is 1. The van der Waals surface area contributed by atoms with Gasteiger partial charge in [-0.15, -0.1) is 0 Å². The van der Waals surface area contributed by atoms with Crippen molar-refractivity contribution in [1.82, 2.24) is 9.88 Å². The molecule has 0 saturated heterocycles. The highest BCUT2D eigenvalue weighted by Crippen LogP contribution is 2.25. The van der Waals surface area contributed by atoms with Crippen LogP contribution < -0.4 is 4.74 Å². The van der Waals surface area contributed by atoms with Crippen molar-refractivity contribution < 1.29 is 14.3 Å². The molecule has 1 aromatic carbocycles. The number of ether oxygens (including phenoxy) is 2. The van der Waals surface area contributed by atoms with E-state index < -0.39 is 0 Å². The van der Waals surface area contributed by atoms with Crippen molar-refractivity contribution in [3.63, 3.8) is 0 Å². The third kappa shape index (κ3) is 3.74. The van der Waals surface area contributed by atoms with Crippen LogP contribution in [0.1, 0.15) is 32.7 Å². The molecule has 0 saturated carbocycles. The summed E-state index contributed by atoms with van der Waals surface area (Å²) in [7, 11) is 5.05. The van der Waals surface area contributed by atoms with E-state index in [1.54, 1.807) is 32.4 Å². The Morgan fingerprint density at radius 1 is 1.21 bits per heavy atom. The molecule has 0 N–H and O–H groups in total. The first-order valence-electron chi connectivity index (χ1n) is 7.81. The van der Waals surface area contributed by atoms with Gasteiger partial charge in [0.25, 0.3) is 5.91 Å². The van der Waals surface area contributed by atoms with E-state index in [9.17, 15) is 4.79 Å². The summed E-state index contributed by atoms with van der Waals surface area (Å²) in [5.41, 5.74) is 4.31. The molecule has 0 aliphatic rings. The zero-order valence-corrected chi connectivity index (χ0v) is 14.9. The molecule has 24 heavy (non-hydrogen) atoms. The molecule has 0 unspecified atom stereocenters. The Bertz CT molecular complexity index is 729. The molecule has 5 nitrogen and oxygen atoms in total. The summed E-state index contributed by atoms with van der Waals surface area (Å²) >= 11 is 0. The molecule has 1 aromatic heterocycles. The van der Waals surface area contributed by atoms with Crippen LogP contribution in [0, 0.1) is 13.8 Å². The summed E-state index contributed by atoms with van der Waals surface area (Å²) in [6.07, 6.45) is 1.78. The number of aryl methyl sites for hydroxylation is 1. The lowest BCUT2D eigenvalue weighted by Gasteiger charge is -2.20. The van der Waals surface area contributed by atoms with Crippen molar-refractivity contribution in [2.75, 3.05) is 21.3 Å². The van der Waals surface area contributed by atoms with Gasteiger partial charge in [0.2, 0.25) is 0 Å². The van der Waals surface area contributed by atoms with E-state index in [0.29, 0.717) is 18.7 Å². The zero-order valence-electron chi connectivity index (χ0n) is 14.9. The van der Waals surface area contributed by atoms with Gasteiger partial charge >= 0.3 is 0 Å². The number of methoxy groups -OCH3 is 2. The Hall–Kier alpha value is -2.40. The monoisotopic (exact) mass is 328 g/mol. The number of carbonyl (C=O) groups excluding carboxylic acids is 1. The molecular weight excluding hydrogens is 304 g/mol. The van der Waals surface area contributed by atoms with Gasteiger partial charge in [-0.1, -0.05) is 18.2 Å². The average Bonchev–Trinajstić information content (AvgIpc) is 2.58. The van der Waals surface area contributed by atoms with E-state index in [1.165, 1.54) is 0 Å². The predicted octanol–water partition coefficient (Wildman–Crippen LogP) is 3.13. The molecule has 1 heterocycles. The smallest absolute Gasteiger partial charge is 0.254 e. The first-order valence-corrected chi connectivity index (χ1v) is 7.81. The first-order chi connectivity index (χ1) is 11.5. The Labute approximate surface area is 143 Å². The lowest BCUT2D eigenvalue weighted by molar-refractivity contribution is 0.0778. The van der Waals surface area contributed by atoms with Gasteiger partial charge in [0, 0.05) is 37.0 Å². The van der Waals surface area contributed by atoms with Crippen LogP contribution in [0.3, 0.4) is 0 Å². The van der Waals surface area contributed by atoms with Crippen LogP contribution in [-0.4, -0.2) is 37.1 Å². The highest BCUT2D eigenvalue weighted by atomic mass is 16.5. The molecule has 0 bridgehead atoms. The van der Waals surface area contributed by atoms with Gasteiger partial charge in [-0.3, -0.25) is 9.78 Å². The summed E-state index contributed by atoms with van der Waals surface area (Å²) in [6.45, 7) is 4.75. The van der Waals surface area contributed by atoms with Gasteiger partial charge < -0.3 is 14.4 Å². The van der Waals surface area contributed by atoms with Crippen LogP contribution in [0.5, 0.6) is 5.75 Å². The van der Waals surface area contributed by atoms with Gasteiger partial charge in [0.1, 0.15) is 5.75 Å². The van der Waals surface area contributed by atoms with Crippen LogP contribution in [0.25, 0.3) is 0 Å². The number of nitrogens with zero attached hydrogens (tertiary/aromatic N) is 2. The second kappa shape index (κ2) is 7.93. The van der Waals surface area contributed by atoms with Crippen molar-refractivity contribution in [3.05, 3.63) is 58.4 Å². The van der Waals surface area contributed by atoms with Gasteiger partial charge in [-0.05, 0) is 25.5 Å². The van der Waals surface area contributed by atoms with Gasteiger partial charge in [0.15, 0.2) is 0 Å². The van der Waals surface area contributed by atoms with E-state index in [1.807, 2.05) is 38.1 Å². The largest absolute Gasteiger partial charge is 0.496 e. The van der Waals surface area contributed by atoms with Crippen molar-refractivity contribution in [1.29, 1.82) is 0 Å². The summed E-state index contributed by atoms with van der Waals surface area (Å²) in [4.78, 5) is 18.9. The van der Waals surface area contributed by atoms with Crippen molar-refractivity contribution in [2.45, 2.75) is 27.0 Å². The molecule has 2 aromatic rings. The number of hydrogen-bond acceptors (Lipinski definition) is 4. The second-order valence-electron chi connectivity index (χ2n) is 5.80. The minimum atomic E-state index is -0.0524. The number of aromatic nitrogens is 1. The fraction of sp³-hybridized carbons (Fsp3) is 0.368. The second-order valence-corrected chi connectivity index (χ2v) is 5.80. The van der Waals surface area contributed by atoms with Gasteiger partial charge in [-0.25, -0.2) is 0 Å². The molecule has 128 valence electrons. The molecule has 0 spiro atoms. The van der Waals surface area contributed by atoms with E-state index >= 15 is 0 Å². The fourth-order valence-electron chi connectivity index (χ4n) is 2.74. The van der Waals surface area contributed by atoms with Gasteiger partial charge in [0.05, 0.1) is 26.0 Å². The molecule has 1 amide bonds. The molecule has 0 radical (unpaired) electrons. The summed E-state index contributed by atoms with van der Waals surface area (Å²) in [6, 6.07) is 7.49. The van der Waals surface area contributed by atoms with Crippen LogP contribution in [0.4, 0.5) is 0 Å². The van der Waals surface area contributed by atoms with Crippen molar-refractivity contribution in [3.8, 4) is 5.75 Å². The zero-order chi connectivity index (χ0) is 17.7. The number of carbonyl (C=O) groups is 1. The Morgan fingerprint density at radius 3 is 2.58 bits per heavy atom. The maximum Gasteiger partial charge on any atom is 0.254 e. The highest BCUT2D eigenvalue weighted by Gasteiger charge is 2.18. The summed E-state index contributed by atoms with van der Waals surface area (Å²) < 4.78 is 10.6. The molecule has 0 fully saturated rings. The quantitative estimate of drug-likeness (QED) is 0.817. The molecular formula is C19H24N2O3. The Balaban J connectivity index is 2.24. The van der Waals surface area contributed by atoms with Crippen LogP contribution in [0.15, 0.2) is 30.5 Å². The highest BCUT2D eigenvalue weighted by molar-refractivity contribution is 5.95. The third-order valence-electron chi connectivity index (χ3n) is 4.03. The maximum atomic E-state index is 12.8. The SMILES string of the molecule is COCc1ccccc1C(=O)N(C)Cc1ncc(C)c(OC)c1C. The van der Waals surface area contributed by atoms with E-state index in [4.69, 9.17) is 9.47 Å². The van der Waals surface area contributed by atoms with Crippen molar-refractivity contribution in [2.24, 2.45) is 0 Å². The maximum absolute atomic E-state index is 12.8. The average molecular weight is 328 g/mol. The topological polar surface area (TPSA) is 51.7 Å². The lowest BCUT2D eigenvalue weighted by atomic mass is 10.1. The predicted molar refractivity (Wildman–Crippen MR) is 93.2 cm³/mol. The minimum Gasteiger partial charge on any atom is -0.496 e. The molecule has 0 aliphatic carbocycles. The number of amides is 1. The van der Waals surface area contributed by atoms with E-state index in [0.717, 1.165) is 28.1 Å². The normalized spacial score (nSPS) is 10.5. The molecule has 5 heteroatoms. The number of rotatable bonds is 6. The Morgan fingerprint density at radius 2 is 1.92 bits per heavy atom. The molecule has 0 atom stereocenters.